The highest BCUT2D eigenvalue weighted by molar-refractivity contribution is 8.14. The van der Waals surface area contributed by atoms with E-state index in [9.17, 15) is 12.8 Å². The third kappa shape index (κ3) is 6.33. The van der Waals surface area contributed by atoms with E-state index in [1.165, 1.54) is 5.56 Å². The van der Waals surface area contributed by atoms with E-state index in [1.807, 2.05) is 36.4 Å². The molecule has 1 heterocycles. The zero-order chi connectivity index (χ0) is 22.4. The number of nitrogens with zero attached hydrogens (tertiary/aromatic N) is 1. The molecule has 0 bridgehead atoms. The molecule has 2 aromatic carbocycles. The Hall–Kier alpha value is -1.90. The summed E-state index contributed by atoms with van der Waals surface area (Å²) < 4.78 is 40.8. The number of unbranched alkanes of at least 4 members (excludes halogenated alkanes) is 2. The molecule has 1 saturated heterocycles. The Balaban J connectivity index is 1.18. The van der Waals surface area contributed by atoms with E-state index >= 15 is 0 Å². The van der Waals surface area contributed by atoms with Crippen LogP contribution in [0.4, 0.5) is 4.39 Å². The highest BCUT2D eigenvalue weighted by Crippen LogP contribution is 2.41. The van der Waals surface area contributed by atoms with E-state index in [0.717, 1.165) is 54.8 Å². The Bertz CT molecular complexity index is 1040. The summed E-state index contributed by atoms with van der Waals surface area (Å²) in [4.78, 5) is 4.71. The van der Waals surface area contributed by atoms with Gasteiger partial charge in [-0.2, -0.15) is 0 Å². The quantitative estimate of drug-likeness (QED) is 0.522. The Morgan fingerprint density at radius 2 is 1.97 bits per heavy atom. The molecule has 2 aromatic rings. The SMILES string of the molecule is O=S(=O)(Cc1ccccc1)NCCCCCN=C1NC2c3cc(F)ccc3CCCC2S1. The number of benzene rings is 2. The smallest absolute Gasteiger partial charge is 0.215 e. The molecule has 2 unspecified atom stereocenters. The number of aryl methyl sites for hydroxylation is 1. The van der Waals surface area contributed by atoms with Crippen LogP contribution in [0.1, 0.15) is 54.8 Å². The van der Waals surface area contributed by atoms with Gasteiger partial charge in [0.2, 0.25) is 10.0 Å². The van der Waals surface area contributed by atoms with Gasteiger partial charge in [0.15, 0.2) is 5.17 Å². The molecule has 0 spiro atoms. The van der Waals surface area contributed by atoms with Gasteiger partial charge in [0.25, 0.3) is 0 Å². The van der Waals surface area contributed by atoms with E-state index in [-0.39, 0.29) is 17.6 Å². The van der Waals surface area contributed by atoms with Gasteiger partial charge in [0.05, 0.1) is 11.8 Å². The molecule has 8 heteroatoms. The van der Waals surface area contributed by atoms with Crippen LogP contribution in [0.2, 0.25) is 0 Å². The van der Waals surface area contributed by atoms with Crippen LogP contribution in [0.15, 0.2) is 53.5 Å². The minimum absolute atomic E-state index is 0.0136. The Labute approximate surface area is 194 Å². The molecular weight excluding hydrogens is 445 g/mol. The van der Waals surface area contributed by atoms with Crippen molar-refractivity contribution in [1.82, 2.24) is 10.0 Å². The summed E-state index contributed by atoms with van der Waals surface area (Å²) >= 11 is 1.77. The van der Waals surface area contributed by atoms with E-state index in [0.29, 0.717) is 18.3 Å². The molecular formula is C24H30FN3O2S2. The van der Waals surface area contributed by atoms with Crippen LogP contribution >= 0.6 is 11.8 Å². The van der Waals surface area contributed by atoms with Gasteiger partial charge in [-0.15, -0.1) is 0 Å². The first-order valence-electron chi connectivity index (χ1n) is 11.3. The molecule has 2 aliphatic rings. The summed E-state index contributed by atoms with van der Waals surface area (Å²) in [5.74, 6) is -0.166. The molecule has 0 aromatic heterocycles. The van der Waals surface area contributed by atoms with Crippen LogP contribution in [0.3, 0.4) is 0 Å². The largest absolute Gasteiger partial charge is 0.357 e. The van der Waals surface area contributed by atoms with Gasteiger partial charge in [-0.1, -0.05) is 54.6 Å². The number of hydrogen-bond acceptors (Lipinski definition) is 4. The molecule has 2 atom stereocenters. The molecule has 1 fully saturated rings. The van der Waals surface area contributed by atoms with E-state index in [2.05, 4.69) is 10.0 Å². The lowest BCUT2D eigenvalue weighted by atomic mass is 9.99. The number of rotatable bonds is 9. The average Bonchev–Trinajstić information content (AvgIpc) is 3.09. The summed E-state index contributed by atoms with van der Waals surface area (Å²) in [6.07, 6.45) is 5.83. The van der Waals surface area contributed by atoms with Crippen LogP contribution in [-0.2, 0) is 22.2 Å². The van der Waals surface area contributed by atoms with E-state index in [1.54, 1.807) is 23.9 Å². The normalized spacial score (nSPS) is 21.6. The summed E-state index contributed by atoms with van der Waals surface area (Å²) in [7, 11) is -3.30. The number of sulfonamides is 1. The standard InChI is InChI=1S/C24H30FN3O2S2/c25-20-13-12-19-10-7-11-22-23(21(19)16-20)28-24(31-22)26-14-5-2-6-15-27-32(29,30)17-18-8-3-1-4-9-18/h1,3-4,8-9,12-13,16,22-23,27H,2,5-7,10-11,14-15,17H2,(H,26,28). The minimum atomic E-state index is -3.30. The van der Waals surface area contributed by atoms with Gasteiger partial charge in [-0.3, -0.25) is 4.99 Å². The van der Waals surface area contributed by atoms with E-state index < -0.39 is 10.0 Å². The predicted octanol–water partition coefficient (Wildman–Crippen LogP) is 4.55. The monoisotopic (exact) mass is 475 g/mol. The molecule has 4 rings (SSSR count). The molecule has 1 aliphatic carbocycles. The Morgan fingerprint density at radius 1 is 1.12 bits per heavy atom. The van der Waals surface area contributed by atoms with Crippen LogP contribution in [0.5, 0.6) is 0 Å². The fourth-order valence-corrected chi connectivity index (χ4v) is 6.77. The van der Waals surface area contributed by atoms with Gasteiger partial charge in [0.1, 0.15) is 5.82 Å². The average molecular weight is 476 g/mol. The molecule has 2 N–H and O–H groups in total. The summed E-state index contributed by atoms with van der Waals surface area (Å²) in [6, 6.07) is 14.5. The highest BCUT2D eigenvalue weighted by Gasteiger charge is 2.35. The van der Waals surface area contributed by atoms with Crippen LogP contribution in [-0.4, -0.2) is 31.9 Å². The van der Waals surface area contributed by atoms with E-state index in [4.69, 9.17) is 4.99 Å². The fourth-order valence-electron chi connectivity index (χ4n) is 4.30. The summed E-state index contributed by atoms with van der Waals surface area (Å²) in [5.41, 5.74) is 3.11. The maximum Gasteiger partial charge on any atom is 0.215 e. The second-order valence-electron chi connectivity index (χ2n) is 8.40. The second-order valence-corrected chi connectivity index (χ2v) is 11.4. The minimum Gasteiger partial charge on any atom is -0.357 e. The predicted molar refractivity (Wildman–Crippen MR) is 130 cm³/mol. The van der Waals surface area contributed by atoms with Crippen molar-refractivity contribution in [1.29, 1.82) is 0 Å². The maximum absolute atomic E-state index is 13.8. The zero-order valence-electron chi connectivity index (χ0n) is 18.1. The molecule has 0 radical (unpaired) electrons. The fraction of sp³-hybridized carbons (Fsp3) is 0.458. The van der Waals surface area contributed by atoms with Crippen molar-refractivity contribution in [2.24, 2.45) is 4.99 Å². The molecule has 32 heavy (non-hydrogen) atoms. The molecule has 0 saturated carbocycles. The lowest BCUT2D eigenvalue weighted by Gasteiger charge is -2.17. The first-order valence-corrected chi connectivity index (χ1v) is 13.8. The molecule has 172 valence electrons. The van der Waals surface area contributed by atoms with Crippen molar-refractivity contribution in [3.05, 3.63) is 71.0 Å². The van der Waals surface area contributed by atoms with Crippen molar-refractivity contribution < 1.29 is 12.8 Å². The number of nitrogens with one attached hydrogen (secondary N) is 2. The van der Waals surface area contributed by atoms with Crippen molar-refractivity contribution in [3.8, 4) is 0 Å². The van der Waals surface area contributed by atoms with Crippen molar-refractivity contribution in [2.45, 2.75) is 55.6 Å². The third-order valence-electron chi connectivity index (χ3n) is 5.90. The Morgan fingerprint density at radius 3 is 2.81 bits per heavy atom. The number of halogens is 1. The highest BCUT2D eigenvalue weighted by atomic mass is 32.2. The maximum atomic E-state index is 13.8. The van der Waals surface area contributed by atoms with Crippen molar-refractivity contribution >= 4 is 27.0 Å². The second kappa shape index (κ2) is 10.8. The number of amidine groups is 1. The lowest BCUT2D eigenvalue weighted by molar-refractivity contribution is 0.574. The van der Waals surface area contributed by atoms with Gasteiger partial charge in [0, 0.05) is 18.3 Å². The summed E-state index contributed by atoms with van der Waals surface area (Å²) in [6.45, 7) is 1.16. The number of fused-ring (bicyclic) bond motifs is 3. The van der Waals surface area contributed by atoms with Gasteiger partial charge >= 0.3 is 0 Å². The van der Waals surface area contributed by atoms with Crippen molar-refractivity contribution in [3.63, 3.8) is 0 Å². The summed E-state index contributed by atoms with van der Waals surface area (Å²) in [5, 5.41) is 4.86. The van der Waals surface area contributed by atoms with Crippen LogP contribution in [0.25, 0.3) is 0 Å². The lowest BCUT2D eigenvalue weighted by Crippen LogP contribution is -2.26. The third-order valence-corrected chi connectivity index (χ3v) is 8.54. The number of thioether (sulfide) groups is 1. The van der Waals surface area contributed by atoms with Gasteiger partial charge < -0.3 is 5.32 Å². The van der Waals surface area contributed by atoms with Gasteiger partial charge in [-0.25, -0.2) is 17.5 Å². The molecule has 0 amide bonds. The van der Waals surface area contributed by atoms with Crippen LogP contribution in [0, 0.1) is 5.82 Å². The van der Waals surface area contributed by atoms with Gasteiger partial charge in [-0.05, 0) is 60.9 Å². The first-order chi connectivity index (χ1) is 15.5. The van der Waals surface area contributed by atoms with Crippen molar-refractivity contribution in [2.75, 3.05) is 13.1 Å². The molecule has 5 nitrogen and oxygen atoms in total. The number of aliphatic imine (C=N–C) groups is 1. The first kappa shape index (κ1) is 23.3. The molecule has 1 aliphatic heterocycles. The van der Waals surface area contributed by atoms with Crippen LogP contribution < -0.4 is 10.0 Å². The number of hydrogen-bond donors (Lipinski definition) is 2. The Kier molecular flexibility index (Phi) is 7.86. The zero-order valence-corrected chi connectivity index (χ0v) is 19.7. The topological polar surface area (TPSA) is 70.6 Å².